The fraction of sp³-hybridized carbons (Fsp3) is 0.200. The number of hydrogen-bond donors (Lipinski definition) is 0. The number of rotatable bonds is 2. The predicted molar refractivity (Wildman–Crippen MR) is 80.8 cm³/mol. The van der Waals surface area contributed by atoms with E-state index in [-0.39, 0.29) is 0 Å². The molecule has 2 rings (SSSR count). The van der Waals surface area contributed by atoms with Crippen molar-refractivity contribution in [2.24, 2.45) is 0 Å². The highest BCUT2D eigenvalue weighted by molar-refractivity contribution is 9.10. The van der Waals surface area contributed by atoms with Gasteiger partial charge < -0.3 is 0 Å². The topological polar surface area (TPSA) is 0 Å². The molecule has 2 heterocycles. The van der Waals surface area contributed by atoms with Crippen molar-refractivity contribution < 1.29 is 0 Å². The molecule has 0 aliphatic rings. The van der Waals surface area contributed by atoms with Crippen molar-refractivity contribution in [3.05, 3.63) is 31.8 Å². The number of halogens is 2. The molecule has 0 saturated heterocycles. The summed E-state index contributed by atoms with van der Waals surface area (Å²) < 4.78 is 5.48. The average Bonchev–Trinajstić information content (AvgIpc) is 2.74. The summed E-state index contributed by atoms with van der Waals surface area (Å²) in [6.07, 6.45) is 0. The Balaban J connectivity index is 2.42. The summed E-state index contributed by atoms with van der Waals surface area (Å²) in [4.78, 5) is 0. The molecule has 0 saturated carbocycles. The summed E-state index contributed by atoms with van der Waals surface area (Å²) in [5.41, 5.74) is 0. The molecule has 0 spiro atoms. The van der Waals surface area contributed by atoms with Gasteiger partial charge in [0.25, 0.3) is 0 Å². The Morgan fingerprint density at radius 1 is 0.933 bits per heavy atom. The fourth-order valence-corrected chi connectivity index (χ4v) is 8.99. The molecule has 80 valence electrons. The lowest BCUT2D eigenvalue weighted by Gasteiger charge is -2.18. The molecule has 0 N–H and O–H groups in total. The van der Waals surface area contributed by atoms with Gasteiger partial charge in [-0.3, -0.25) is 0 Å². The molecule has 0 aliphatic carbocycles. The second-order valence-electron chi connectivity index (χ2n) is 3.88. The first-order chi connectivity index (χ1) is 7.00. The quantitative estimate of drug-likeness (QED) is 0.685. The molecule has 0 nitrogen and oxygen atoms in total. The number of hydrogen-bond acceptors (Lipinski definition) is 2. The predicted octanol–water partition coefficient (Wildman–Crippen LogP) is 4.16. The average molecular weight is 382 g/mol. The van der Waals surface area contributed by atoms with E-state index in [4.69, 9.17) is 0 Å². The van der Waals surface area contributed by atoms with Gasteiger partial charge in [0, 0.05) is 19.7 Å². The fourth-order valence-electron chi connectivity index (χ4n) is 1.40. The molecular formula is C10H10Br2S2Si. The van der Waals surface area contributed by atoms with Crippen LogP contribution in [-0.2, 0) is 0 Å². The summed E-state index contributed by atoms with van der Waals surface area (Å²) in [7, 11) is -1.44. The van der Waals surface area contributed by atoms with Crippen LogP contribution in [0.2, 0.25) is 13.1 Å². The van der Waals surface area contributed by atoms with Crippen molar-refractivity contribution in [1.29, 1.82) is 0 Å². The van der Waals surface area contributed by atoms with Gasteiger partial charge in [0.05, 0.1) is 0 Å². The van der Waals surface area contributed by atoms with Gasteiger partial charge in [0.1, 0.15) is 8.07 Å². The summed E-state index contributed by atoms with van der Waals surface area (Å²) in [5.74, 6) is 0. The van der Waals surface area contributed by atoms with Crippen molar-refractivity contribution in [1.82, 2.24) is 0 Å². The second kappa shape index (κ2) is 4.45. The Morgan fingerprint density at radius 3 is 1.60 bits per heavy atom. The first-order valence-electron chi connectivity index (χ1n) is 4.49. The van der Waals surface area contributed by atoms with E-state index in [1.54, 1.807) is 0 Å². The van der Waals surface area contributed by atoms with E-state index in [1.807, 2.05) is 22.7 Å². The zero-order chi connectivity index (χ0) is 11.1. The molecular weight excluding hydrogens is 372 g/mol. The molecule has 0 aliphatic heterocycles. The van der Waals surface area contributed by atoms with Gasteiger partial charge >= 0.3 is 0 Å². The molecule has 0 radical (unpaired) electrons. The first-order valence-corrected chi connectivity index (χ1v) is 10.8. The van der Waals surface area contributed by atoms with Crippen LogP contribution in [0.15, 0.2) is 31.8 Å². The van der Waals surface area contributed by atoms with Crippen LogP contribution in [0.4, 0.5) is 0 Å². The normalized spacial score (nSPS) is 12.0. The standard InChI is InChI=1S/C10H10Br2S2Si/c1-15(2,9-3-7(11)5-13-9)10-4-8(12)6-14-10/h3-6H,1-2H3. The minimum absolute atomic E-state index is 1.21. The molecule has 0 atom stereocenters. The van der Waals surface area contributed by atoms with Gasteiger partial charge in [0.15, 0.2) is 0 Å². The van der Waals surface area contributed by atoms with Crippen LogP contribution in [0.5, 0.6) is 0 Å². The Bertz CT molecular complexity index is 431. The third-order valence-electron chi connectivity index (χ3n) is 2.37. The Morgan fingerprint density at radius 2 is 1.33 bits per heavy atom. The van der Waals surface area contributed by atoms with Crippen molar-refractivity contribution >= 4 is 71.6 Å². The van der Waals surface area contributed by atoms with Crippen molar-refractivity contribution in [2.75, 3.05) is 0 Å². The van der Waals surface area contributed by atoms with Gasteiger partial charge in [-0.1, -0.05) is 13.1 Å². The Kier molecular flexibility index (Phi) is 3.57. The minimum atomic E-state index is -1.44. The van der Waals surface area contributed by atoms with Gasteiger partial charge in [-0.15, -0.1) is 0 Å². The van der Waals surface area contributed by atoms with Crippen LogP contribution in [-0.4, -0.2) is 8.07 Å². The van der Waals surface area contributed by atoms with E-state index < -0.39 is 8.07 Å². The summed E-state index contributed by atoms with van der Waals surface area (Å²) in [6.45, 7) is 4.81. The molecule has 0 amide bonds. The highest BCUT2D eigenvalue weighted by atomic mass is 79.9. The Hall–Kier alpha value is 0.577. The van der Waals surface area contributed by atoms with E-state index in [2.05, 4.69) is 67.8 Å². The van der Waals surface area contributed by atoms with E-state index in [1.165, 1.54) is 17.9 Å². The minimum Gasteiger partial charge on any atom is -0.152 e. The Labute approximate surface area is 116 Å². The lowest BCUT2D eigenvalue weighted by molar-refractivity contribution is 1.82. The highest BCUT2D eigenvalue weighted by Gasteiger charge is 2.29. The van der Waals surface area contributed by atoms with Gasteiger partial charge in [-0.2, -0.15) is 22.7 Å². The van der Waals surface area contributed by atoms with Crippen LogP contribution in [0, 0.1) is 0 Å². The van der Waals surface area contributed by atoms with E-state index >= 15 is 0 Å². The molecule has 0 unspecified atom stereocenters. The van der Waals surface area contributed by atoms with Crippen LogP contribution >= 0.6 is 54.5 Å². The second-order valence-corrected chi connectivity index (χ2v) is 12.6. The number of thiophene rings is 2. The van der Waals surface area contributed by atoms with Crippen LogP contribution in [0.25, 0.3) is 0 Å². The monoisotopic (exact) mass is 380 g/mol. The summed E-state index contributed by atoms with van der Waals surface area (Å²) in [5, 5.41) is 4.35. The van der Waals surface area contributed by atoms with Crippen LogP contribution in [0.1, 0.15) is 0 Å². The van der Waals surface area contributed by atoms with Crippen LogP contribution < -0.4 is 9.00 Å². The van der Waals surface area contributed by atoms with Gasteiger partial charge in [-0.05, 0) is 53.0 Å². The maximum absolute atomic E-state index is 3.53. The molecule has 15 heavy (non-hydrogen) atoms. The summed E-state index contributed by atoms with van der Waals surface area (Å²) in [6, 6.07) is 4.54. The molecule has 0 bridgehead atoms. The largest absolute Gasteiger partial charge is 0.152 e. The first kappa shape index (κ1) is 12.0. The van der Waals surface area contributed by atoms with Crippen molar-refractivity contribution in [3.63, 3.8) is 0 Å². The van der Waals surface area contributed by atoms with Crippen molar-refractivity contribution in [3.8, 4) is 0 Å². The molecule has 2 aromatic heterocycles. The maximum Gasteiger partial charge on any atom is 0.137 e. The third kappa shape index (κ3) is 2.47. The van der Waals surface area contributed by atoms with Crippen molar-refractivity contribution in [2.45, 2.75) is 13.1 Å². The lowest BCUT2D eigenvalue weighted by atomic mass is 10.7. The van der Waals surface area contributed by atoms with Gasteiger partial charge in [0.2, 0.25) is 0 Å². The molecule has 2 aromatic rings. The molecule has 0 fully saturated rings. The zero-order valence-electron chi connectivity index (χ0n) is 8.38. The smallest absolute Gasteiger partial charge is 0.137 e. The van der Waals surface area contributed by atoms with E-state index in [9.17, 15) is 0 Å². The van der Waals surface area contributed by atoms with Crippen LogP contribution in [0.3, 0.4) is 0 Å². The molecule has 5 heteroatoms. The molecule has 0 aromatic carbocycles. The lowest BCUT2D eigenvalue weighted by Crippen LogP contribution is -2.50. The van der Waals surface area contributed by atoms with Gasteiger partial charge in [-0.25, -0.2) is 0 Å². The third-order valence-corrected chi connectivity index (χ3v) is 11.9. The van der Waals surface area contributed by atoms with E-state index in [0.29, 0.717) is 0 Å². The summed E-state index contributed by atoms with van der Waals surface area (Å²) >= 11 is 10.8. The SMILES string of the molecule is C[Si](C)(c1cc(Br)cs1)c1cc(Br)cs1. The zero-order valence-corrected chi connectivity index (χ0v) is 14.2. The maximum atomic E-state index is 3.53. The van der Waals surface area contributed by atoms with E-state index in [0.717, 1.165) is 0 Å². The highest BCUT2D eigenvalue weighted by Crippen LogP contribution is 2.20.